The summed E-state index contributed by atoms with van der Waals surface area (Å²) in [6.07, 6.45) is 0.962. The van der Waals surface area contributed by atoms with Gasteiger partial charge < -0.3 is 14.4 Å². The summed E-state index contributed by atoms with van der Waals surface area (Å²) in [5.41, 5.74) is 0.805. The molecule has 1 aliphatic heterocycles. The van der Waals surface area contributed by atoms with Gasteiger partial charge in [0.15, 0.2) is 0 Å². The van der Waals surface area contributed by atoms with Gasteiger partial charge in [-0.25, -0.2) is 13.2 Å². The number of furan rings is 1. The van der Waals surface area contributed by atoms with Crippen LogP contribution in [-0.4, -0.2) is 60.3 Å². The number of hydrogen-bond donors (Lipinski definition) is 1. The van der Waals surface area contributed by atoms with Crippen LogP contribution >= 0.6 is 0 Å². The van der Waals surface area contributed by atoms with Gasteiger partial charge in [-0.15, -0.1) is 0 Å². The number of carboxylic acid groups (broad SMARTS) is 1. The molecular formula is C16H22N2O6S. The fourth-order valence-electron chi connectivity index (χ4n) is 2.85. The highest BCUT2D eigenvalue weighted by atomic mass is 32.2. The van der Waals surface area contributed by atoms with Gasteiger partial charge in [0.2, 0.25) is 16.8 Å². The van der Waals surface area contributed by atoms with Crippen LogP contribution in [-0.2, 0) is 14.8 Å². The monoisotopic (exact) mass is 370 g/mol. The van der Waals surface area contributed by atoms with Crippen molar-refractivity contribution >= 4 is 21.9 Å². The maximum absolute atomic E-state index is 12.8. The molecule has 0 spiro atoms. The Labute approximate surface area is 146 Å². The minimum absolute atomic E-state index is 0.187. The molecule has 8 nitrogen and oxygen atoms in total. The van der Waals surface area contributed by atoms with E-state index in [4.69, 9.17) is 9.52 Å². The lowest BCUT2D eigenvalue weighted by atomic mass is 10.2. The van der Waals surface area contributed by atoms with Crippen LogP contribution in [0.5, 0.6) is 0 Å². The standard InChI is InChI=1S/C16H22N2O6S/c1-4-17(10-11(2)3)15(19)12-6-5-9-18(12)25(22,23)14-8-7-13(24-14)16(20)21/h7-8,12H,2,4-6,9-10H2,1,3H3,(H,20,21). The van der Waals surface area contributed by atoms with Gasteiger partial charge in [-0.1, -0.05) is 12.2 Å². The van der Waals surface area contributed by atoms with Gasteiger partial charge in [-0.3, -0.25) is 4.79 Å². The Balaban J connectivity index is 2.28. The van der Waals surface area contributed by atoms with Crippen molar-refractivity contribution in [2.45, 2.75) is 37.8 Å². The molecule has 1 aromatic rings. The number of aromatic carboxylic acids is 1. The lowest BCUT2D eigenvalue weighted by Crippen LogP contribution is -2.48. The minimum atomic E-state index is -4.08. The zero-order chi connectivity index (χ0) is 18.8. The Morgan fingerprint density at radius 1 is 1.44 bits per heavy atom. The number of carbonyl (C=O) groups excluding carboxylic acids is 1. The zero-order valence-electron chi connectivity index (χ0n) is 14.3. The van der Waals surface area contributed by atoms with Crippen molar-refractivity contribution in [2.24, 2.45) is 0 Å². The first-order valence-electron chi connectivity index (χ1n) is 7.96. The first-order chi connectivity index (χ1) is 11.7. The molecule has 1 atom stereocenters. The predicted molar refractivity (Wildman–Crippen MR) is 89.6 cm³/mol. The van der Waals surface area contributed by atoms with Crippen molar-refractivity contribution in [3.05, 3.63) is 30.0 Å². The maximum atomic E-state index is 12.8. The molecule has 1 aromatic heterocycles. The van der Waals surface area contributed by atoms with E-state index in [0.29, 0.717) is 25.9 Å². The van der Waals surface area contributed by atoms with Crippen LogP contribution in [0.2, 0.25) is 0 Å². The third-order valence-electron chi connectivity index (χ3n) is 4.00. The van der Waals surface area contributed by atoms with Crippen molar-refractivity contribution < 1.29 is 27.5 Å². The molecule has 0 saturated carbocycles. The van der Waals surface area contributed by atoms with Gasteiger partial charge in [0, 0.05) is 19.6 Å². The summed E-state index contributed by atoms with van der Waals surface area (Å²) < 4.78 is 31.6. The van der Waals surface area contributed by atoms with Gasteiger partial charge in [0.05, 0.1) is 0 Å². The highest BCUT2D eigenvalue weighted by Crippen LogP contribution is 2.28. The Morgan fingerprint density at radius 3 is 2.64 bits per heavy atom. The molecule has 1 N–H and O–H groups in total. The molecule has 0 aromatic carbocycles. The lowest BCUT2D eigenvalue weighted by molar-refractivity contribution is -0.134. The molecule has 0 bridgehead atoms. The van der Waals surface area contributed by atoms with Crippen molar-refractivity contribution in [3.8, 4) is 0 Å². The Bertz CT molecular complexity index is 782. The second-order valence-electron chi connectivity index (χ2n) is 6.01. The molecular weight excluding hydrogens is 348 g/mol. The van der Waals surface area contributed by atoms with Crippen molar-refractivity contribution in [1.82, 2.24) is 9.21 Å². The molecule has 2 heterocycles. The summed E-state index contributed by atoms with van der Waals surface area (Å²) in [5, 5.41) is 8.42. The molecule has 2 rings (SSSR count). The quantitative estimate of drug-likeness (QED) is 0.730. The molecule has 1 aliphatic rings. The minimum Gasteiger partial charge on any atom is -0.475 e. The number of carboxylic acids is 1. The van der Waals surface area contributed by atoms with Crippen LogP contribution in [0.3, 0.4) is 0 Å². The van der Waals surface area contributed by atoms with E-state index >= 15 is 0 Å². The van der Waals surface area contributed by atoms with E-state index in [1.54, 1.807) is 11.8 Å². The number of nitrogens with zero attached hydrogens (tertiary/aromatic N) is 2. The SMILES string of the molecule is C=C(C)CN(CC)C(=O)C1CCCN1S(=O)(=O)c1ccc(C(=O)O)o1. The van der Waals surface area contributed by atoms with E-state index < -0.39 is 32.9 Å². The largest absolute Gasteiger partial charge is 0.475 e. The molecule has 0 radical (unpaired) electrons. The molecule has 25 heavy (non-hydrogen) atoms. The third kappa shape index (κ3) is 3.93. The van der Waals surface area contributed by atoms with Gasteiger partial charge in [0.25, 0.3) is 10.0 Å². The van der Waals surface area contributed by atoms with Crippen LogP contribution in [0, 0.1) is 0 Å². The molecule has 1 fully saturated rings. The van der Waals surface area contributed by atoms with Gasteiger partial charge in [-0.2, -0.15) is 4.31 Å². The van der Waals surface area contributed by atoms with Crippen molar-refractivity contribution in [3.63, 3.8) is 0 Å². The molecule has 9 heteroatoms. The highest BCUT2D eigenvalue weighted by Gasteiger charge is 2.42. The highest BCUT2D eigenvalue weighted by molar-refractivity contribution is 7.89. The topological polar surface area (TPSA) is 108 Å². The molecule has 1 unspecified atom stereocenters. The summed E-state index contributed by atoms with van der Waals surface area (Å²) in [6, 6.07) is 1.37. The number of carbonyl (C=O) groups is 2. The van der Waals surface area contributed by atoms with E-state index in [2.05, 4.69) is 6.58 Å². The number of rotatable bonds is 7. The average Bonchev–Trinajstić information content (AvgIpc) is 3.20. The summed E-state index contributed by atoms with van der Waals surface area (Å²) in [6.45, 7) is 8.41. The van der Waals surface area contributed by atoms with Crippen LogP contribution in [0.25, 0.3) is 0 Å². The van der Waals surface area contributed by atoms with E-state index in [9.17, 15) is 18.0 Å². The first-order valence-corrected chi connectivity index (χ1v) is 9.40. The second kappa shape index (κ2) is 7.40. The maximum Gasteiger partial charge on any atom is 0.371 e. The van der Waals surface area contributed by atoms with Gasteiger partial charge in [-0.05, 0) is 38.8 Å². The van der Waals surface area contributed by atoms with Crippen LogP contribution < -0.4 is 0 Å². The normalized spacial score (nSPS) is 18.2. The zero-order valence-corrected chi connectivity index (χ0v) is 15.1. The van der Waals surface area contributed by atoms with Crippen LogP contribution in [0.1, 0.15) is 37.2 Å². The first kappa shape index (κ1) is 19.2. The Morgan fingerprint density at radius 2 is 2.12 bits per heavy atom. The van der Waals surface area contributed by atoms with Crippen molar-refractivity contribution in [1.29, 1.82) is 0 Å². The smallest absolute Gasteiger partial charge is 0.371 e. The summed E-state index contributed by atoms with van der Waals surface area (Å²) in [5.74, 6) is -2.09. The van der Waals surface area contributed by atoms with E-state index in [-0.39, 0.29) is 12.5 Å². The third-order valence-corrected chi connectivity index (χ3v) is 5.78. The fraction of sp³-hybridized carbons (Fsp3) is 0.500. The number of hydrogen-bond acceptors (Lipinski definition) is 5. The number of amides is 1. The van der Waals surface area contributed by atoms with Gasteiger partial charge in [0.1, 0.15) is 6.04 Å². The lowest BCUT2D eigenvalue weighted by Gasteiger charge is -2.28. The molecule has 138 valence electrons. The van der Waals surface area contributed by atoms with Crippen molar-refractivity contribution in [2.75, 3.05) is 19.6 Å². The van der Waals surface area contributed by atoms with Crippen LogP contribution in [0.15, 0.2) is 33.8 Å². The molecule has 1 saturated heterocycles. The second-order valence-corrected chi connectivity index (χ2v) is 7.83. The summed E-state index contributed by atoms with van der Waals surface area (Å²) in [7, 11) is -4.08. The predicted octanol–water partition coefficient (Wildman–Crippen LogP) is 1.56. The summed E-state index contributed by atoms with van der Waals surface area (Å²) in [4.78, 5) is 25.2. The van der Waals surface area contributed by atoms with E-state index in [0.717, 1.165) is 22.0 Å². The number of sulfonamides is 1. The van der Waals surface area contributed by atoms with E-state index in [1.165, 1.54) is 0 Å². The average molecular weight is 370 g/mol. The number of likely N-dealkylation sites (N-methyl/N-ethyl adjacent to an activating group) is 1. The molecule has 0 aliphatic carbocycles. The Hall–Kier alpha value is -2.13. The fourth-order valence-corrected chi connectivity index (χ4v) is 4.41. The van der Waals surface area contributed by atoms with E-state index in [1.807, 2.05) is 6.92 Å². The van der Waals surface area contributed by atoms with Crippen LogP contribution in [0.4, 0.5) is 0 Å². The van der Waals surface area contributed by atoms with Gasteiger partial charge >= 0.3 is 5.97 Å². The molecule has 1 amide bonds. The summed E-state index contributed by atoms with van der Waals surface area (Å²) >= 11 is 0. The Kier molecular flexibility index (Phi) is 5.69.